The monoisotopic (exact) mass is 270 g/mol. The average Bonchev–Trinajstić information content (AvgIpc) is 2.62. The van der Waals surface area contributed by atoms with Crippen LogP contribution in [0, 0.1) is 11.3 Å². The van der Waals surface area contributed by atoms with Gasteiger partial charge in [-0.2, -0.15) is 0 Å². The Hall–Kier alpha value is -0.570. The van der Waals surface area contributed by atoms with Crippen molar-refractivity contribution in [2.45, 2.75) is 39.2 Å². The standard InChI is InChI=1S/C14H19ClO.CH4O/c1-14(2)8-7-11(13(14)16)9-10-3-5-12(15)6-4-10;1-2/h3-6,11,13,16H,7-9H2,1-2H3;2H,1H3/t11-,13+;/m0./s1. The molecule has 1 fully saturated rings. The molecular formula is C15H23ClO2. The molecule has 0 aliphatic heterocycles. The Morgan fingerprint density at radius 2 is 1.78 bits per heavy atom. The molecule has 0 bridgehead atoms. The molecule has 1 aliphatic rings. The second kappa shape index (κ2) is 6.55. The van der Waals surface area contributed by atoms with Crippen LogP contribution in [0.5, 0.6) is 0 Å². The van der Waals surface area contributed by atoms with Crippen molar-refractivity contribution >= 4 is 11.6 Å². The number of hydrogen-bond acceptors (Lipinski definition) is 2. The molecule has 3 heteroatoms. The molecule has 0 heterocycles. The summed E-state index contributed by atoms with van der Waals surface area (Å²) in [5.74, 6) is 0.399. The van der Waals surface area contributed by atoms with Gasteiger partial charge in [-0.25, -0.2) is 0 Å². The van der Waals surface area contributed by atoms with Gasteiger partial charge in [0.05, 0.1) is 6.10 Å². The van der Waals surface area contributed by atoms with E-state index in [9.17, 15) is 5.11 Å². The van der Waals surface area contributed by atoms with Crippen LogP contribution in [0.4, 0.5) is 0 Å². The van der Waals surface area contributed by atoms with Crippen LogP contribution >= 0.6 is 11.6 Å². The van der Waals surface area contributed by atoms with E-state index in [2.05, 4.69) is 26.0 Å². The number of rotatable bonds is 2. The van der Waals surface area contributed by atoms with E-state index >= 15 is 0 Å². The van der Waals surface area contributed by atoms with Crippen molar-refractivity contribution in [3.05, 3.63) is 34.9 Å². The lowest BCUT2D eigenvalue weighted by atomic mass is 9.85. The molecule has 18 heavy (non-hydrogen) atoms. The second-order valence-corrected chi connectivity index (χ2v) is 6.00. The van der Waals surface area contributed by atoms with Gasteiger partial charge in [-0.05, 0) is 48.3 Å². The van der Waals surface area contributed by atoms with Crippen molar-refractivity contribution in [2.75, 3.05) is 7.11 Å². The molecule has 0 unspecified atom stereocenters. The number of hydrogen-bond donors (Lipinski definition) is 2. The summed E-state index contributed by atoms with van der Waals surface area (Å²) in [4.78, 5) is 0. The first-order valence-electron chi connectivity index (χ1n) is 6.36. The molecule has 0 amide bonds. The lowest BCUT2D eigenvalue weighted by molar-refractivity contribution is 0.0462. The number of benzene rings is 1. The summed E-state index contributed by atoms with van der Waals surface area (Å²) in [7, 11) is 1.00. The molecule has 2 atom stereocenters. The van der Waals surface area contributed by atoms with Crippen LogP contribution in [-0.2, 0) is 6.42 Å². The minimum Gasteiger partial charge on any atom is -0.400 e. The lowest BCUT2D eigenvalue weighted by Gasteiger charge is -2.25. The highest BCUT2D eigenvalue weighted by atomic mass is 35.5. The molecule has 1 saturated carbocycles. The zero-order valence-corrected chi connectivity index (χ0v) is 12.1. The van der Waals surface area contributed by atoms with Gasteiger partial charge in [-0.15, -0.1) is 0 Å². The predicted octanol–water partition coefficient (Wildman–Crippen LogP) is 3.29. The van der Waals surface area contributed by atoms with Crippen molar-refractivity contribution in [3.8, 4) is 0 Å². The van der Waals surface area contributed by atoms with Crippen LogP contribution in [0.2, 0.25) is 5.02 Å². The molecular weight excluding hydrogens is 248 g/mol. The van der Waals surface area contributed by atoms with E-state index in [1.165, 1.54) is 5.56 Å². The Morgan fingerprint density at radius 1 is 1.22 bits per heavy atom. The fourth-order valence-corrected chi connectivity index (χ4v) is 2.76. The van der Waals surface area contributed by atoms with E-state index in [-0.39, 0.29) is 11.5 Å². The molecule has 1 aromatic rings. The van der Waals surface area contributed by atoms with Crippen LogP contribution < -0.4 is 0 Å². The normalized spacial score (nSPS) is 25.4. The molecule has 2 rings (SSSR count). The van der Waals surface area contributed by atoms with Crippen molar-refractivity contribution in [1.29, 1.82) is 0 Å². The van der Waals surface area contributed by atoms with E-state index in [0.717, 1.165) is 31.4 Å². The van der Waals surface area contributed by atoms with Gasteiger partial charge in [0.15, 0.2) is 0 Å². The van der Waals surface area contributed by atoms with Crippen molar-refractivity contribution in [1.82, 2.24) is 0 Å². The molecule has 2 N–H and O–H groups in total. The van der Waals surface area contributed by atoms with Crippen LogP contribution in [0.25, 0.3) is 0 Å². The Balaban J connectivity index is 0.000000771. The summed E-state index contributed by atoms with van der Waals surface area (Å²) < 4.78 is 0. The molecule has 1 aliphatic carbocycles. The summed E-state index contributed by atoms with van der Waals surface area (Å²) in [6.45, 7) is 4.30. The number of aliphatic hydroxyl groups excluding tert-OH is 2. The third-order valence-corrected chi connectivity index (χ3v) is 4.07. The molecule has 2 nitrogen and oxygen atoms in total. The minimum absolute atomic E-state index is 0.0804. The molecule has 102 valence electrons. The van der Waals surface area contributed by atoms with Crippen molar-refractivity contribution < 1.29 is 10.2 Å². The summed E-state index contributed by atoms with van der Waals surface area (Å²) in [6.07, 6.45) is 3.02. The first-order valence-corrected chi connectivity index (χ1v) is 6.74. The highest BCUT2D eigenvalue weighted by Crippen LogP contribution is 2.42. The Labute approximate surface area is 115 Å². The fraction of sp³-hybridized carbons (Fsp3) is 0.600. The summed E-state index contributed by atoms with van der Waals surface area (Å²) in [5, 5.41) is 18.0. The first kappa shape index (κ1) is 15.5. The summed E-state index contributed by atoms with van der Waals surface area (Å²) >= 11 is 5.85. The minimum atomic E-state index is -0.178. The van der Waals surface area contributed by atoms with Crippen molar-refractivity contribution in [2.24, 2.45) is 11.3 Å². The third kappa shape index (κ3) is 3.71. The van der Waals surface area contributed by atoms with Gasteiger partial charge in [0.25, 0.3) is 0 Å². The van der Waals surface area contributed by atoms with E-state index < -0.39 is 0 Å². The van der Waals surface area contributed by atoms with Gasteiger partial charge in [0.2, 0.25) is 0 Å². The van der Waals surface area contributed by atoms with Gasteiger partial charge in [0, 0.05) is 12.1 Å². The van der Waals surface area contributed by atoms with Gasteiger partial charge in [-0.3, -0.25) is 0 Å². The van der Waals surface area contributed by atoms with Crippen LogP contribution in [-0.4, -0.2) is 23.4 Å². The largest absolute Gasteiger partial charge is 0.400 e. The lowest BCUT2D eigenvalue weighted by Crippen LogP contribution is -2.28. The maximum atomic E-state index is 10.2. The van der Waals surface area contributed by atoms with Crippen LogP contribution in [0.3, 0.4) is 0 Å². The predicted molar refractivity (Wildman–Crippen MR) is 75.8 cm³/mol. The summed E-state index contributed by atoms with van der Waals surface area (Å²) in [5.41, 5.74) is 1.35. The Morgan fingerprint density at radius 3 is 2.22 bits per heavy atom. The number of halogens is 1. The maximum Gasteiger partial charge on any atom is 0.0622 e. The van der Waals surface area contributed by atoms with Crippen molar-refractivity contribution in [3.63, 3.8) is 0 Å². The van der Waals surface area contributed by atoms with Gasteiger partial charge in [-0.1, -0.05) is 37.6 Å². The fourth-order valence-electron chi connectivity index (χ4n) is 2.64. The van der Waals surface area contributed by atoms with E-state index in [0.29, 0.717) is 5.92 Å². The number of aliphatic hydroxyl groups is 2. The van der Waals surface area contributed by atoms with E-state index in [1.54, 1.807) is 0 Å². The molecule has 0 aromatic heterocycles. The maximum absolute atomic E-state index is 10.2. The third-order valence-electron chi connectivity index (χ3n) is 3.82. The SMILES string of the molecule is CC1(C)CC[C@@H](Cc2ccc(Cl)cc2)[C@H]1O.CO. The Kier molecular flexibility index (Phi) is 5.64. The smallest absolute Gasteiger partial charge is 0.0622 e. The second-order valence-electron chi connectivity index (χ2n) is 5.56. The first-order chi connectivity index (χ1) is 8.49. The quantitative estimate of drug-likeness (QED) is 0.866. The van der Waals surface area contributed by atoms with Crippen LogP contribution in [0.15, 0.2) is 24.3 Å². The van der Waals surface area contributed by atoms with Gasteiger partial charge in [0.1, 0.15) is 0 Å². The Bertz CT molecular complexity index is 359. The molecule has 1 aromatic carbocycles. The van der Waals surface area contributed by atoms with E-state index in [1.807, 2.05) is 12.1 Å². The zero-order chi connectivity index (χ0) is 13.8. The highest BCUT2D eigenvalue weighted by molar-refractivity contribution is 6.30. The van der Waals surface area contributed by atoms with Crippen LogP contribution in [0.1, 0.15) is 32.3 Å². The van der Waals surface area contributed by atoms with Gasteiger partial charge >= 0.3 is 0 Å². The molecule has 0 spiro atoms. The topological polar surface area (TPSA) is 40.5 Å². The average molecular weight is 271 g/mol. The molecule has 0 saturated heterocycles. The highest BCUT2D eigenvalue weighted by Gasteiger charge is 2.40. The molecule has 0 radical (unpaired) electrons. The summed E-state index contributed by atoms with van der Waals surface area (Å²) in [6, 6.07) is 7.95. The van der Waals surface area contributed by atoms with Gasteiger partial charge < -0.3 is 10.2 Å². The zero-order valence-electron chi connectivity index (χ0n) is 11.4. The van der Waals surface area contributed by atoms with E-state index in [4.69, 9.17) is 16.7 Å².